The number of aromatic nitrogens is 1. The monoisotopic (exact) mass is 370 g/mol. The van der Waals surface area contributed by atoms with Gasteiger partial charge in [-0.3, -0.25) is 9.78 Å². The number of allylic oxidation sites excluding steroid dienone is 1. The molecule has 2 aromatic carbocycles. The molecule has 1 aromatic heterocycles. The highest BCUT2D eigenvalue weighted by Crippen LogP contribution is 2.51. The Labute approximate surface area is 163 Å². The third-order valence-corrected chi connectivity index (χ3v) is 5.82. The van der Waals surface area contributed by atoms with E-state index in [-0.39, 0.29) is 23.0 Å². The van der Waals surface area contributed by atoms with Crippen LogP contribution < -0.4 is 5.32 Å². The van der Waals surface area contributed by atoms with Crippen LogP contribution in [0.15, 0.2) is 60.3 Å². The number of benzene rings is 2. The molecule has 0 amide bonds. The molecule has 2 aliphatic rings. The van der Waals surface area contributed by atoms with Gasteiger partial charge in [0.1, 0.15) is 5.75 Å². The van der Waals surface area contributed by atoms with Crippen molar-refractivity contribution in [1.82, 2.24) is 4.98 Å². The molecule has 0 fully saturated rings. The predicted molar refractivity (Wildman–Crippen MR) is 111 cm³/mol. The lowest BCUT2D eigenvalue weighted by atomic mass is 9.68. The normalized spacial score (nSPS) is 20.5. The number of phenolic OH excluding ortho intramolecular Hbond substituents is 1. The van der Waals surface area contributed by atoms with Gasteiger partial charge in [-0.2, -0.15) is 0 Å². The molecule has 0 saturated carbocycles. The number of pyridine rings is 1. The summed E-state index contributed by atoms with van der Waals surface area (Å²) in [5, 5.41) is 14.4. The molecule has 0 radical (unpaired) electrons. The van der Waals surface area contributed by atoms with E-state index in [1.165, 1.54) is 0 Å². The summed E-state index contributed by atoms with van der Waals surface area (Å²) in [6.45, 7) is 4.32. The first kappa shape index (κ1) is 17.0. The van der Waals surface area contributed by atoms with E-state index in [4.69, 9.17) is 0 Å². The number of phenols is 1. The Hall–Kier alpha value is -3.14. The second-order valence-corrected chi connectivity index (χ2v) is 8.56. The number of nitrogens with one attached hydrogen (secondary N) is 1. The number of hydrogen-bond donors (Lipinski definition) is 2. The van der Waals surface area contributed by atoms with Crippen LogP contribution in [0, 0.1) is 5.41 Å². The highest BCUT2D eigenvalue weighted by Gasteiger charge is 2.40. The fraction of sp³-hybridized carbons (Fsp3) is 0.250. The molecule has 1 atom stereocenters. The number of fused-ring (bicyclic) bond motifs is 4. The SMILES string of the molecule is CC1(C)CC(=O)C2=C(C1)c1c(ccc3ncccc13)N[C@@H]2c1ccc(O)cc1. The van der Waals surface area contributed by atoms with Crippen molar-refractivity contribution < 1.29 is 9.90 Å². The van der Waals surface area contributed by atoms with Gasteiger partial charge in [-0.25, -0.2) is 0 Å². The summed E-state index contributed by atoms with van der Waals surface area (Å²) in [6, 6.07) is 15.0. The number of Topliss-reactive ketones (excluding diaryl/α,β-unsaturated/α-hetero) is 1. The molecule has 1 aliphatic carbocycles. The Morgan fingerprint density at radius 1 is 1.07 bits per heavy atom. The molecule has 0 unspecified atom stereocenters. The minimum absolute atomic E-state index is 0.0750. The molecular formula is C24H22N2O2. The van der Waals surface area contributed by atoms with Crippen molar-refractivity contribution in [3.63, 3.8) is 0 Å². The zero-order chi connectivity index (χ0) is 19.5. The number of aromatic hydroxyl groups is 1. The summed E-state index contributed by atoms with van der Waals surface area (Å²) in [6.07, 6.45) is 3.20. The minimum atomic E-state index is -0.208. The van der Waals surface area contributed by atoms with Gasteiger partial charge in [-0.1, -0.05) is 32.0 Å². The fourth-order valence-corrected chi connectivity index (χ4v) is 4.63. The van der Waals surface area contributed by atoms with Crippen LogP contribution in [-0.2, 0) is 4.79 Å². The maximum Gasteiger partial charge on any atom is 0.162 e. The molecule has 1 aliphatic heterocycles. The van der Waals surface area contributed by atoms with Crippen LogP contribution in [0.1, 0.15) is 43.9 Å². The largest absolute Gasteiger partial charge is 0.508 e. The predicted octanol–water partition coefficient (Wildman–Crippen LogP) is 5.25. The summed E-state index contributed by atoms with van der Waals surface area (Å²) in [7, 11) is 0. The maximum absolute atomic E-state index is 13.3. The first-order valence-electron chi connectivity index (χ1n) is 9.63. The quantitative estimate of drug-likeness (QED) is 0.614. The van der Waals surface area contributed by atoms with Gasteiger partial charge in [0.25, 0.3) is 0 Å². The fourth-order valence-electron chi connectivity index (χ4n) is 4.63. The summed E-state index contributed by atoms with van der Waals surface area (Å²) in [5.74, 6) is 0.422. The van der Waals surface area contributed by atoms with Gasteiger partial charge in [-0.15, -0.1) is 0 Å². The van der Waals surface area contributed by atoms with Gasteiger partial charge < -0.3 is 10.4 Å². The molecule has 2 heterocycles. The zero-order valence-corrected chi connectivity index (χ0v) is 16.0. The smallest absolute Gasteiger partial charge is 0.162 e. The topological polar surface area (TPSA) is 62.2 Å². The molecule has 0 bridgehead atoms. The number of anilines is 1. The van der Waals surface area contributed by atoms with Crippen molar-refractivity contribution in [1.29, 1.82) is 0 Å². The second kappa shape index (κ2) is 5.93. The standard InChI is InChI=1S/C24H22N2O2/c1-24(2)12-17-21-16-4-3-11-25-18(16)9-10-19(21)26-23(22(17)20(28)13-24)14-5-7-15(27)8-6-14/h3-11,23,26-27H,12-13H2,1-2H3/t23-/m1/s1. The van der Waals surface area contributed by atoms with Crippen molar-refractivity contribution in [3.8, 4) is 5.75 Å². The van der Waals surface area contributed by atoms with Crippen molar-refractivity contribution in [3.05, 3.63) is 71.4 Å². The summed E-state index contributed by atoms with van der Waals surface area (Å²) < 4.78 is 0. The first-order chi connectivity index (χ1) is 13.4. The van der Waals surface area contributed by atoms with Crippen LogP contribution in [0.3, 0.4) is 0 Å². The molecule has 4 heteroatoms. The maximum atomic E-state index is 13.3. The van der Waals surface area contributed by atoms with Crippen molar-refractivity contribution in [2.75, 3.05) is 5.32 Å². The molecule has 3 aromatic rings. The number of carbonyl (C=O) groups excluding carboxylic acids is 1. The van der Waals surface area contributed by atoms with Crippen molar-refractivity contribution in [2.24, 2.45) is 5.41 Å². The van der Waals surface area contributed by atoms with E-state index in [0.717, 1.165) is 45.3 Å². The Kier molecular flexibility index (Phi) is 3.60. The lowest BCUT2D eigenvalue weighted by molar-refractivity contribution is -0.118. The lowest BCUT2D eigenvalue weighted by Crippen LogP contribution is -2.33. The van der Waals surface area contributed by atoms with Crippen LogP contribution in [0.25, 0.3) is 16.5 Å². The highest BCUT2D eigenvalue weighted by atomic mass is 16.3. The number of rotatable bonds is 1. The van der Waals surface area contributed by atoms with Crippen LogP contribution in [0.5, 0.6) is 5.75 Å². The van der Waals surface area contributed by atoms with Crippen molar-refractivity contribution >= 4 is 27.9 Å². The molecule has 0 saturated heterocycles. The van der Waals surface area contributed by atoms with Gasteiger partial charge in [0, 0.05) is 34.8 Å². The van der Waals surface area contributed by atoms with E-state index >= 15 is 0 Å². The Morgan fingerprint density at radius 2 is 1.86 bits per heavy atom. The molecule has 5 rings (SSSR count). The number of nitrogens with zero attached hydrogens (tertiary/aromatic N) is 1. The van der Waals surface area contributed by atoms with Gasteiger partial charge in [0.2, 0.25) is 0 Å². The van der Waals surface area contributed by atoms with Crippen LogP contribution >= 0.6 is 0 Å². The summed E-state index contributed by atoms with van der Waals surface area (Å²) >= 11 is 0. The third kappa shape index (κ3) is 2.60. The Balaban J connectivity index is 1.79. The van der Waals surface area contributed by atoms with E-state index in [9.17, 15) is 9.90 Å². The second-order valence-electron chi connectivity index (χ2n) is 8.56. The van der Waals surface area contributed by atoms with Crippen molar-refractivity contribution in [2.45, 2.75) is 32.7 Å². The van der Waals surface area contributed by atoms with E-state index in [1.807, 2.05) is 24.3 Å². The molecule has 2 N–H and O–H groups in total. The lowest BCUT2D eigenvalue weighted by Gasteiger charge is -2.40. The third-order valence-electron chi connectivity index (χ3n) is 5.82. The number of hydrogen-bond acceptors (Lipinski definition) is 4. The van der Waals surface area contributed by atoms with Crippen LogP contribution in [-0.4, -0.2) is 15.9 Å². The number of carbonyl (C=O) groups is 1. The van der Waals surface area contributed by atoms with Gasteiger partial charge in [0.05, 0.1) is 11.6 Å². The molecule has 28 heavy (non-hydrogen) atoms. The zero-order valence-electron chi connectivity index (χ0n) is 16.0. The van der Waals surface area contributed by atoms with Crippen LogP contribution in [0.2, 0.25) is 0 Å². The molecule has 4 nitrogen and oxygen atoms in total. The van der Waals surface area contributed by atoms with E-state index < -0.39 is 0 Å². The van der Waals surface area contributed by atoms with Gasteiger partial charge in [-0.05, 0) is 53.3 Å². The van der Waals surface area contributed by atoms with E-state index in [2.05, 4.69) is 36.3 Å². The first-order valence-corrected chi connectivity index (χ1v) is 9.63. The average Bonchev–Trinajstić information content (AvgIpc) is 2.66. The molecule has 140 valence electrons. The molecule has 0 spiro atoms. The molecular weight excluding hydrogens is 348 g/mol. The summed E-state index contributed by atoms with van der Waals surface area (Å²) in [4.78, 5) is 17.8. The Bertz CT molecular complexity index is 1140. The van der Waals surface area contributed by atoms with Gasteiger partial charge in [0.15, 0.2) is 5.78 Å². The summed E-state index contributed by atoms with van der Waals surface area (Å²) in [5.41, 5.74) is 5.97. The highest BCUT2D eigenvalue weighted by molar-refractivity contribution is 6.12. The van der Waals surface area contributed by atoms with Gasteiger partial charge >= 0.3 is 0 Å². The van der Waals surface area contributed by atoms with E-state index in [1.54, 1.807) is 18.3 Å². The van der Waals surface area contributed by atoms with E-state index in [0.29, 0.717) is 6.42 Å². The minimum Gasteiger partial charge on any atom is -0.508 e. The average molecular weight is 370 g/mol. The van der Waals surface area contributed by atoms with Crippen LogP contribution in [0.4, 0.5) is 5.69 Å². The number of ketones is 1. The Morgan fingerprint density at radius 3 is 2.64 bits per heavy atom.